The van der Waals surface area contributed by atoms with Crippen LogP contribution >= 0.6 is 27.3 Å². The lowest BCUT2D eigenvalue weighted by Crippen LogP contribution is -2.16. The van der Waals surface area contributed by atoms with E-state index in [-0.39, 0.29) is 6.04 Å². The fourth-order valence-corrected chi connectivity index (χ4v) is 3.43. The van der Waals surface area contributed by atoms with Crippen LogP contribution in [0.1, 0.15) is 27.7 Å². The fraction of sp³-hybridized carbons (Fsp3) is 0.308. The minimum Gasteiger partial charge on any atom is -0.322 e. The molecule has 0 saturated heterocycles. The van der Waals surface area contributed by atoms with Crippen LogP contribution < -0.4 is 5.73 Å². The summed E-state index contributed by atoms with van der Waals surface area (Å²) in [6, 6.07) is 6.27. The molecule has 2 heterocycles. The lowest BCUT2D eigenvalue weighted by atomic mass is 10.0. The van der Waals surface area contributed by atoms with E-state index in [1.807, 2.05) is 13.1 Å². The van der Waals surface area contributed by atoms with Crippen molar-refractivity contribution in [3.63, 3.8) is 0 Å². The van der Waals surface area contributed by atoms with E-state index >= 15 is 0 Å². The Kier molecular flexibility index (Phi) is 3.97. The molecule has 90 valence electrons. The predicted octanol–water partition coefficient (Wildman–Crippen LogP) is 3.76. The van der Waals surface area contributed by atoms with Gasteiger partial charge in [-0.1, -0.05) is 6.07 Å². The number of rotatable bonds is 3. The third-order valence-corrected chi connectivity index (χ3v) is 4.30. The van der Waals surface area contributed by atoms with Gasteiger partial charge in [0.15, 0.2) is 0 Å². The first-order chi connectivity index (χ1) is 8.06. The van der Waals surface area contributed by atoms with Gasteiger partial charge < -0.3 is 5.73 Å². The molecule has 4 heteroatoms. The molecule has 0 aliphatic rings. The SMILES string of the molecule is Cc1cnc(C(N)Cc2ccc(Br)s2)c(C)c1. The second-order valence-electron chi connectivity index (χ2n) is 4.23. The average Bonchev–Trinajstić information content (AvgIpc) is 2.63. The molecule has 1 atom stereocenters. The second-order valence-corrected chi connectivity index (χ2v) is 6.78. The molecule has 0 radical (unpaired) electrons. The maximum atomic E-state index is 6.22. The van der Waals surface area contributed by atoms with Crippen LogP contribution in [0.4, 0.5) is 0 Å². The van der Waals surface area contributed by atoms with E-state index < -0.39 is 0 Å². The summed E-state index contributed by atoms with van der Waals surface area (Å²) in [6.07, 6.45) is 2.72. The molecular formula is C13H15BrN2S. The molecule has 2 aromatic rings. The van der Waals surface area contributed by atoms with Crippen molar-refractivity contribution in [2.75, 3.05) is 0 Å². The van der Waals surface area contributed by atoms with Crippen LogP contribution in [0.25, 0.3) is 0 Å². The molecular weight excluding hydrogens is 296 g/mol. The van der Waals surface area contributed by atoms with Crippen molar-refractivity contribution in [1.82, 2.24) is 4.98 Å². The third kappa shape index (κ3) is 3.15. The second kappa shape index (κ2) is 5.29. The highest BCUT2D eigenvalue weighted by Gasteiger charge is 2.12. The Morgan fingerprint density at radius 3 is 2.76 bits per heavy atom. The van der Waals surface area contributed by atoms with Crippen LogP contribution in [-0.4, -0.2) is 4.98 Å². The van der Waals surface area contributed by atoms with Gasteiger partial charge in [-0.2, -0.15) is 0 Å². The Labute approximate surface area is 114 Å². The summed E-state index contributed by atoms with van der Waals surface area (Å²) in [5.41, 5.74) is 9.57. The number of pyridine rings is 1. The number of hydrogen-bond acceptors (Lipinski definition) is 3. The summed E-state index contributed by atoms with van der Waals surface area (Å²) in [4.78, 5) is 5.73. The minimum atomic E-state index is -0.0267. The quantitative estimate of drug-likeness (QED) is 0.937. The van der Waals surface area contributed by atoms with E-state index in [0.717, 1.165) is 15.9 Å². The van der Waals surface area contributed by atoms with E-state index in [2.05, 4.69) is 46.0 Å². The third-order valence-electron chi connectivity index (χ3n) is 2.66. The van der Waals surface area contributed by atoms with Crippen molar-refractivity contribution in [1.29, 1.82) is 0 Å². The fourth-order valence-electron chi connectivity index (χ4n) is 1.89. The van der Waals surface area contributed by atoms with Crippen molar-refractivity contribution < 1.29 is 0 Å². The molecule has 2 rings (SSSR count). The normalized spacial score (nSPS) is 12.7. The summed E-state index contributed by atoms with van der Waals surface area (Å²) >= 11 is 5.19. The smallest absolute Gasteiger partial charge is 0.0701 e. The van der Waals surface area contributed by atoms with Crippen LogP contribution in [0.3, 0.4) is 0 Å². The maximum Gasteiger partial charge on any atom is 0.0701 e. The van der Waals surface area contributed by atoms with Crippen LogP contribution in [-0.2, 0) is 6.42 Å². The number of hydrogen-bond donors (Lipinski definition) is 1. The Bertz CT molecular complexity index is 522. The molecule has 0 aliphatic heterocycles. The highest BCUT2D eigenvalue weighted by molar-refractivity contribution is 9.11. The maximum absolute atomic E-state index is 6.22. The van der Waals surface area contributed by atoms with E-state index in [1.54, 1.807) is 11.3 Å². The first-order valence-electron chi connectivity index (χ1n) is 5.49. The first-order valence-corrected chi connectivity index (χ1v) is 7.10. The van der Waals surface area contributed by atoms with Gasteiger partial charge >= 0.3 is 0 Å². The van der Waals surface area contributed by atoms with Gasteiger partial charge in [-0.3, -0.25) is 4.98 Å². The lowest BCUT2D eigenvalue weighted by Gasteiger charge is -2.13. The molecule has 0 amide bonds. The van der Waals surface area contributed by atoms with Crippen LogP contribution in [0.2, 0.25) is 0 Å². The average molecular weight is 311 g/mol. The number of thiophene rings is 1. The summed E-state index contributed by atoms with van der Waals surface area (Å²) in [7, 11) is 0. The largest absolute Gasteiger partial charge is 0.322 e. The number of aryl methyl sites for hydroxylation is 2. The molecule has 0 bridgehead atoms. The van der Waals surface area contributed by atoms with Crippen molar-refractivity contribution in [3.8, 4) is 0 Å². The molecule has 0 fully saturated rings. The lowest BCUT2D eigenvalue weighted by molar-refractivity contribution is 0.696. The summed E-state index contributed by atoms with van der Waals surface area (Å²) in [5.74, 6) is 0. The zero-order chi connectivity index (χ0) is 12.4. The molecule has 2 nitrogen and oxygen atoms in total. The topological polar surface area (TPSA) is 38.9 Å². The van der Waals surface area contributed by atoms with Crippen molar-refractivity contribution in [3.05, 3.63) is 49.9 Å². The highest BCUT2D eigenvalue weighted by Crippen LogP contribution is 2.26. The Morgan fingerprint density at radius 1 is 1.41 bits per heavy atom. The zero-order valence-electron chi connectivity index (χ0n) is 9.90. The molecule has 0 aliphatic carbocycles. The molecule has 0 spiro atoms. The molecule has 1 unspecified atom stereocenters. The molecule has 17 heavy (non-hydrogen) atoms. The van der Waals surface area contributed by atoms with Gasteiger partial charge in [0, 0.05) is 17.5 Å². The van der Waals surface area contributed by atoms with Crippen molar-refractivity contribution >= 4 is 27.3 Å². The monoisotopic (exact) mass is 310 g/mol. The van der Waals surface area contributed by atoms with Gasteiger partial charge in [0.2, 0.25) is 0 Å². The first kappa shape index (κ1) is 12.7. The standard InChI is InChI=1S/C13H15BrN2S/c1-8-5-9(2)13(16-7-8)11(15)6-10-3-4-12(14)17-10/h3-5,7,11H,6,15H2,1-2H3. The minimum absolute atomic E-state index is 0.0267. The Morgan fingerprint density at radius 2 is 2.18 bits per heavy atom. The predicted molar refractivity (Wildman–Crippen MR) is 76.4 cm³/mol. The van der Waals surface area contributed by atoms with Crippen molar-refractivity contribution in [2.45, 2.75) is 26.3 Å². The van der Waals surface area contributed by atoms with Gasteiger partial charge in [-0.25, -0.2) is 0 Å². The highest BCUT2D eigenvalue weighted by atomic mass is 79.9. The number of halogens is 1. The van der Waals surface area contributed by atoms with E-state index in [9.17, 15) is 0 Å². The molecule has 2 aromatic heterocycles. The number of nitrogens with zero attached hydrogens (tertiary/aromatic N) is 1. The zero-order valence-corrected chi connectivity index (χ0v) is 12.3. The molecule has 0 aromatic carbocycles. The Balaban J connectivity index is 2.17. The summed E-state index contributed by atoms with van der Waals surface area (Å²) in [5, 5.41) is 0. The van der Waals surface area contributed by atoms with Gasteiger partial charge in [-0.05, 0) is 53.0 Å². The Hall–Kier alpha value is -0.710. The van der Waals surface area contributed by atoms with Crippen LogP contribution in [0.15, 0.2) is 28.2 Å². The van der Waals surface area contributed by atoms with Gasteiger partial charge in [0.1, 0.15) is 0 Å². The molecule has 2 N–H and O–H groups in total. The van der Waals surface area contributed by atoms with E-state index in [4.69, 9.17) is 5.73 Å². The molecule has 0 saturated carbocycles. The van der Waals surface area contributed by atoms with E-state index in [0.29, 0.717) is 0 Å². The van der Waals surface area contributed by atoms with Crippen molar-refractivity contribution in [2.24, 2.45) is 5.73 Å². The van der Waals surface area contributed by atoms with Gasteiger partial charge in [-0.15, -0.1) is 11.3 Å². The number of aromatic nitrogens is 1. The number of nitrogens with two attached hydrogens (primary N) is 1. The summed E-state index contributed by atoms with van der Waals surface area (Å²) in [6.45, 7) is 4.12. The van der Waals surface area contributed by atoms with Crippen LogP contribution in [0.5, 0.6) is 0 Å². The van der Waals surface area contributed by atoms with E-state index in [1.165, 1.54) is 16.0 Å². The summed E-state index contributed by atoms with van der Waals surface area (Å²) < 4.78 is 1.15. The van der Waals surface area contributed by atoms with Gasteiger partial charge in [0.05, 0.1) is 15.5 Å². The van der Waals surface area contributed by atoms with Crippen LogP contribution in [0, 0.1) is 13.8 Å². The van der Waals surface area contributed by atoms with Gasteiger partial charge in [0.25, 0.3) is 0 Å².